The molecule has 2 fully saturated rings. The molecule has 0 aromatic heterocycles. The molecule has 2 aliphatic heterocycles. The molecule has 3 atom stereocenters. The van der Waals surface area contributed by atoms with Gasteiger partial charge in [0, 0.05) is 36.3 Å². The summed E-state index contributed by atoms with van der Waals surface area (Å²) in [7, 11) is 0.186. The summed E-state index contributed by atoms with van der Waals surface area (Å²) in [5.74, 6) is -2.03. The standard InChI is InChI=1S/C26H29FN2O6S/c1-16-8-10-17(11-9-16)36(32,33)29-15-14-25-20(29)12-13-26(23(30)34-3,24(31)35-4)22(25)28(2)19-7-5-6-18(27)21(19)25/h5-11,20,22H,12-15H2,1-4H3/t20-,22-,25+/m1/s1. The van der Waals surface area contributed by atoms with Gasteiger partial charge in [-0.15, -0.1) is 0 Å². The van der Waals surface area contributed by atoms with Gasteiger partial charge in [-0.05, 0) is 50.5 Å². The average Bonchev–Trinajstić information content (AvgIpc) is 3.39. The van der Waals surface area contributed by atoms with Gasteiger partial charge in [-0.3, -0.25) is 9.59 Å². The topological polar surface area (TPSA) is 93.2 Å². The Balaban J connectivity index is 1.74. The second-order valence-electron chi connectivity index (χ2n) is 9.88. The summed E-state index contributed by atoms with van der Waals surface area (Å²) < 4.78 is 55.0. The molecule has 0 radical (unpaired) electrons. The molecule has 1 saturated heterocycles. The highest BCUT2D eigenvalue weighted by Gasteiger charge is 2.74. The van der Waals surface area contributed by atoms with Crippen molar-refractivity contribution >= 4 is 27.6 Å². The van der Waals surface area contributed by atoms with E-state index in [1.807, 2.05) is 6.92 Å². The molecule has 0 bridgehead atoms. The van der Waals surface area contributed by atoms with Crippen LogP contribution in [-0.4, -0.2) is 64.6 Å². The molecule has 1 aliphatic carbocycles. The molecule has 36 heavy (non-hydrogen) atoms. The molecule has 1 saturated carbocycles. The molecule has 2 heterocycles. The van der Waals surface area contributed by atoms with Gasteiger partial charge >= 0.3 is 11.9 Å². The fourth-order valence-corrected chi connectivity index (χ4v) is 8.77. The Kier molecular flexibility index (Phi) is 5.68. The van der Waals surface area contributed by atoms with Crippen LogP contribution in [0.2, 0.25) is 0 Å². The number of rotatable bonds is 4. The molecule has 8 nitrogen and oxygen atoms in total. The van der Waals surface area contributed by atoms with Crippen molar-refractivity contribution in [3.05, 3.63) is 59.4 Å². The van der Waals surface area contributed by atoms with Crippen molar-refractivity contribution in [2.75, 3.05) is 32.7 Å². The maximum atomic E-state index is 15.6. The summed E-state index contributed by atoms with van der Waals surface area (Å²) in [6.07, 6.45) is 0.401. The van der Waals surface area contributed by atoms with Crippen molar-refractivity contribution in [3.63, 3.8) is 0 Å². The number of methoxy groups -OCH3 is 2. The van der Waals surface area contributed by atoms with Crippen LogP contribution in [0.4, 0.5) is 10.1 Å². The van der Waals surface area contributed by atoms with Gasteiger partial charge in [0.05, 0.1) is 25.2 Å². The molecular weight excluding hydrogens is 487 g/mol. The molecule has 3 aliphatic rings. The van der Waals surface area contributed by atoms with Crippen LogP contribution in [0.3, 0.4) is 0 Å². The molecule has 1 spiro atoms. The molecule has 0 unspecified atom stereocenters. The quantitative estimate of drug-likeness (QED) is 0.456. The Morgan fingerprint density at radius 3 is 2.28 bits per heavy atom. The van der Waals surface area contributed by atoms with Crippen molar-refractivity contribution in [3.8, 4) is 0 Å². The number of sulfonamides is 1. The van der Waals surface area contributed by atoms with Crippen LogP contribution in [0, 0.1) is 18.2 Å². The van der Waals surface area contributed by atoms with Crippen molar-refractivity contribution in [1.82, 2.24) is 4.31 Å². The monoisotopic (exact) mass is 516 g/mol. The van der Waals surface area contributed by atoms with Gasteiger partial charge < -0.3 is 14.4 Å². The number of esters is 2. The normalized spacial score (nSPS) is 26.6. The number of nitrogens with zero attached hydrogens (tertiary/aromatic N) is 2. The molecule has 192 valence electrons. The van der Waals surface area contributed by atoms with Gasteiger partial charge in [-0.1, -0.05) is 23.8 Å². The van der Waals surface area contributed by atoms with E-state index >= 15 is 4.39 Å². The van der Waals surface area contributed by atoms with E-state index < -0.39 is 50.7 Å². The second kappa shape index (κ2) is 8.27. The lowest BCUT2D eigenvalue weighted by molar-refractivity contribution is -0.176. The first-order valence-electron chi connectivity index (χ1n) is 11.8. The van der Waals surface area contributed by atoms with Crippen LogP contribution >= 0.6 is 0 Å². The minimum Gasteiger partial charge on any atom is -0.468 e. The maximum absolute atomic E-state index is 15.6. The number of hydrogen-bond acceptors (Lipinski definition) is 7. The Morgan fingerprint density at radius 2 is 1.67 bits per heavy atom. The fourth-order valence-electron chi connectivity index (χ4n) is 7.06. The molecular formula is C26H29FN2O6S. The number of likely N-dealkylation sites (N-methyl/N-ethyl adjacent to an activating group) is 1. The number of carbonyl (C=O) groups is 2. The SMILES string of the molecule is COC(=O)C1(C(=O)OC)CC[C@H]2N(S(=O)(=O)c3ccc(C)cc3)CC[C@@]23c2c(F)cccc2N(C)[C@@H]13. The van der Waals surface area contributed by atoms with E-state index in [-0.39, 0.29) is 30.7 Å². The number of hydrogen-bond donors (Lipinski definition) is 0. The lowest BCUT2D eigenvalue weighted by atomic mass is 9.55. The first-order chi connectivity index (χ1) is 17.1. The van der Waals surface area contributed by atoms with Crippen molar-refractivity contribution in [2.24, 2.45) is 5.41 Å². The third kappa shape index (κ3) is 2.97. The van der Waals surface area contributed by atoms with Crippen LogP contribution < -0.4 is 4.90 Å². The summed E-state index contributed by atoms with van der Waals surface area (Å²) in [5, 5.41) is 0. The van der Waals surface area contributed by atoms with E-state index in [0.717, 1.165) is 5.56 Å². The third-order valence-corrected chi connectivity index (χ3v) is 10.3. The van der Waals surface area contributed by atoms with E-state index in [9.17, 15) is 18.0 Å². The summed E-state index contributed by atoms with van der Waals surface area (Å²) >= 11 is 0. The zero-order valence-corrected chi connectivity index (χ0v) is 21.5. The minimum absolute atomic E-state index is 0.00327. The zero-order valence-electron chi connectivity index (χ0n) is 20.7. The van der Waals surface area contributed by atoms with Gasteiger partial charge in [0.15, 0.2) is 5.41 Å². The van der Waals surface area contributed by atoms with Crippen LogP contribution in [0.25, 0.3) is 0 Å². The summed E-state index contributed by atoms with van der Waals surface area (Å²) in [6.45, 7) is 2.00. The molecule has 10 heteroatoms. The number of aryl methyl sites for hydroxylation is 1. The average molecular weight is 517 g/mol. The van der Waals surface area contributed by atoms with Crippen LogP contribution in [0.5, 0.6) is 0 Å². The number of fused-ring (bicyclic) bond motifs is 1. The van der Waals surface area contributed by atoms with Crippen molar-refractivity contribution in [2.45, 2.75) is 48.6 Å². The maximum Gasteiger partial charge on any atom is 0.325 e. The van der Waals surface area contributed by atoms with E-state index in [4.69, 9.17) is 9.47 Å². The summed E-state index contributed by atoms with van der Waals surface area (Å²) in [6, 6.07) is 9.69. The molecule has 0 amide bonds. The number of carbonyl (C=O) groups excluding carboxylic acids is 2. The van der Waals surface area contributed by atoms with Gasteiger partial charge in [-0.25, -0.2) is 12.8 Å². The highest BCUT2D eigenvalue weighted by atomic mass is 32.2. The number of anilines is 1. The predicted octanol–water partition coefficient (Wildman–Crippen LogP) is 2.78. The highest BCUT2D eigenvalue weighted by molar-refractivity contribution is 7.89. The lowest BCUT2D eigenvalue weighted by Gasteiger charge is -2.52. The van der Waals surface area contributed by atoms with Gasteiger partial charge in [0.2, 0.25) is 10.0 Å². The second-order valence-corrected chi connectivity index (χ2v) is 11.8. The Morgan fingerprint density at radius 1 is 1.03 bits per heavy atom. The van der Waals surface area contributed by atoms with Crippen LogP contribution in [-0.2, 0) is 34.5 Å². The highest BCUT2D eigenvalue weighted by Crippen LogP contribution is 2.64. The number of benzene rings is 2. The fraction of sp³-hybridized carbons (Fsp3) is 0.462. The van der Waals surface area contributed by atoms with E-state index in [2.05, 4.69) is 0 Å². The van der Waals surface area contributed by atoms with E-state index in [1.54, 1.807) is 48.3 Å². The third-order valence-electron chi connectivity index (χ3n) is 8.41. The molecule has 5 rings (SSSR count). The van der Waals surface area contributed by atoms with Crippen molar-refractivity contribution < 1.29 is 31.9 Å². The summed E-state index contributed by atoms with van der Waals surface area (Å²) in [5.41, 5.74) is -1.11. The molecule has 0 N–H and O–H groups in total. The van der Waals surface area contributed by atoms with E-state index in [0.29, 0.717) is 11.3 Å². The first kappa shape index (κ1) is 24.7. The van der Waals surface area contributed by atoms with Crippen LogP contribution in [0.1, 0.15) is 30.4 Å². The van der Waals surface area contributed by atoms with Gasteiger partial charge in [-0.2, -0.15) is 4.31 Å². The lowest BCUT2D eigenvalue weighted by Crippen LogP contribution is -2.68. The minimum atomic E-state index is -3.93. The molecule has 2 aromatic carbocycles. The Labute approximate surface area is 210 Å². The van der Waals surface area contributed by atoms with Gasteiger partial charge in [0.1, 0.15) is 5.82 Å². The number of halogens is 1. The van der Waals surface area contributed by atoms with Crippen LogP contribution in [0.15, 0.2) is 47.4 Å². The first-order valence-corrected chi connectivity index (χ1v) is 13.3. The predicted molar refractivity (Wildman–Crippen MR) is 129 cm³/mol. The molecule has 2 aromatic rings. The zero-order chi connectivity index (χ0) is 26.0. The summed E-state index contributed by atoms with van der Waals surface area (Å²) in [4.78, 5) is 28.6. The Bertz CT molecular complexity index is 1330. The number of ether oxygens (including phenoxy) is 2. The van der Waals surface area contributed by atoms with E-state index in [1.165, 1.54) is 24.6 Å². The van der Waals surface area contributed by atoms with Gasteiger partial charge in [0.25, 0.3) is 0 Å². The van der Waals surface area contributed by atoms with Crippen molar-refractivity contribution in [1.29, 1.82) is 0 Å². The Hall–Kier alpha value is -2.98. The largest absolute Gasteiger partial charge is 0.468 e. The smallest absolute Gasteiger partial charge is 0.325 e.